The Labute approximate surface area is 73.4 Å². The van der Waals surface area contributed by atoms with Gasteiger partial charge in [0.25, 0.3) is 0 Å². The molecule has 12 heavy (non-hydrogen) atoms. The van der Waals surface area contributed by atoms with Gasteiger partial charge in [-0.05, 0) is 20.3 Å². The third kappa shape index (κ3) is 1.37. The Morgan fingerprint density at radius 2 is 2.33 bits per heavy atom. The second-order valence-electron chi connectivity index (χ2n) is 3.98. The predicted octanol–water partition coefficient (Wildman–Crippen LogP) is 0.747. The topological polar surface area (TPSA) is 30.5 Å². The Morgan fingerprint density at radius 1 is 1.50 bits per heavy atom. The van der Waals surface area contributed by atoms with E-state index in [1.54, 1.807) is 0 Å². The molecular formula is C9H17NO2. The second kappa shape index (κ2) is 2.98. The standard InChI is InChI=1S/C9H17NO2/c1-7-5-10-9(2,12-7)8-3-4-11-6-8/h7-8,10H,3-6H2,1-2H3. The van der Waals surface area contributed by atoms with E-state index in [0.29, 0.717) is 12.0 Å². The van der Waals surface area contributed by atoms with Gasteiger partial charge in [0.05, 0.1) is 12.7 Å². The zero-order valence-corrected chi connectivity index (χ0v) is 7.80. The molecule has 0 radical (unpaired) electrons. The minimum absolute atomic E-state index is 0.129. The van der Waals surface area contributed by atoms with Crippen LogP contribution in [0.1, 0.15) is 20.3 Å². The summed E-state index contributed by atoms with van der Waals surface area (Å²) in [5.74, 6) is 0.530. The normalized spacial score (nSPS) is 48.5. The van der Waals surface area contributed by atoms with Gasteiger partial charge in [-0.2, -0.15) is 0 Å². The zero-order valence-electron chi connectivity index (χ0n) is 7.80. The van der Waals surface area contributed by atoms with Crippen LogP contribution in [0, 0.1) is 5.92 Å². The lowest BCUT2D eigenvalue weighted by Crippen LogP contribution is -2.45. The lowest BCUT2D eigenvalue weighted by Gasteiger charge is -2.29. The number of hydrogen-bond acceptors (Lipinski definition) is 3. The van der Waals surface area contributed by atoms with Crippen molar-refractivity contribution in [2.45, 2.75) is 32.1 Å². The average molecular weight is 171 g/mol. The third-order valence-corrected chi connectivity index (χ3v) is 2.90. The van der Waals surface area contributed by atoms with E-state index in [1.165, 1.54) is 0 Å². The van der Waals surface area contributed by atoms with Crippen LogP contribution in [0.2, 0.25) is 0 Å². The molecule has 0 amide bonds. The maximum atomic E-state index is 5.84. The molecule has 70 valence electrons. The molecule has 2 heterocycles. The minimum Gasteiger partial charge on any atom is -0.381 e. The molecule has 0 aliphatic carbocycles. The molecular weight excluding hydrogens is 154 g/mol. The summed E-state index contributed by atoms with van der Waals surface area (Å²) in [4.78, 5) is 0. The molecule has 2 fully saturated rings. The van der Waals surface area contributed by atoms with Crippen LogP contribution in [0.15, 0.2) is 0 Å². The van der Waals surface area contributed by atoms with E-state index in [1.807, 2.05) is 0 Å². The molecule has 2 rings (SSSR count). The van der Waals surface area contributed by atoms with Crippen LogP contribution in [-0.2, 0) is 9.47 Å². The highest BCUT2D eigenvalue weighted by atomic mass is 16.5. The average Bonchev–Trinajstić information content (AvgIpc) is 2.59. The molecule has 2 aliphatic rings. The van der Waals surface area contributed by atoms with Crippen molar-refractivity contribution in [3.05, 3.63) is 0 Å². The summed E-state index contributed by atoms with van der Waals surface area (Å²) in [6.45, 7) is 6.94. The van der Waals surface area contributed by atoms with Crippen molar-refractivity contribution < 1.29 is 9.47 Å². The van der Waals surface area contributed by atoms with Crippen molar-refractivity contribution >= 4 is 0 Å². The van der Waals surface area contributed by atoms with E-state index in [2.05, 4.69) is 19.2 Å². The van der Waals surface area contributed by atoms with Crippen LogP contribution < -0.4 is 5.32 Å². The van der Waals surface area contributed by atoms with E-state index in [-0.39, 0.29) is 5.72 Å². The van der Waals surface area contributed by atoms with Crippen molar-refractivity contribution in [2.75, 3.05) is 19.8 Å². The smallest absolute Gasteiger partial charge is 0.122 e. The quantitative estimate of drug-likeness (QED) is 0.631. The maximum absolute atomic E-state index is 5.84. The summed E-state index contributed by atoms with van der Waals surface area (Å²) in [6.07, 6.45) is 1.46. The summed E-state index contributed by atoms with van der Waals surface area (Å²) < 4.78 is 11.2. The molecule has 3 nitrogen and oxygen atoms in total. The highest BCUT2D eigenvalue weighted by Gasteiger charge is 2.42. The zero-order chi connectivity index (χ0) is 8.60. The molecule has 2 saturated heterocycles. The van der Waals surface area contributed by atoms with Gasteiger partial charge in [-0.25, -0.2) is 0 Å². The first-order valence-electron chi connectivity index (χ1n) is 4.71. The second-order valence-corrected chi connectivity index (χ2v) is 3.98. The van der Waals surface area contributed by atoms with E-state index < -0.39 is 0 Å². The fourth-order valence-corrected chi connectivity index (χ4v) is 2.06. The molecule has 3 atom stereocenters. The lowest BCUT2D eigenvalue weighted by molar-refractivity contribution is -0.0724. The van der Waals surface area contributed by atoms with Crippen molar-refractivity contribution in [1.82, 2.24) is 5.32 Å². The van der Waals surface area contributed by atoms with Crippen LogP contribution in [0.25, 0.3) is 0 Å². The Kier molecular flexibility index (Phi) is 2.10. The van der Waals surface area contributed by atoms with Crippen LogP contribution in [0.3, 0.4) is 0 Å². The van der Waals surface area contributed by atoms with E-state index >= 15 is 0 Å². The van der Waals surface area contributed by atoms with Crippen LogP contribution in [0.5, 0.6) is 0 Å². The van der Waals surface area contributed by atoms with E-state index in [4.69, 9.17) is 9.47 Å². The van der Waals surface area contributed by atoms with Crippen LogP contribution >= 0.6 is 0 Å². The van der Waals surface area contributed by atoms with Gasteiger partial charge in [-0.15, -0.1) is 0 Å². The maximum Gasteiger partial charge on any atom is 0.122 e. The summed E-state index contributed by atoms with van der Waals surface area (Å²) in [5, 5.41) is 3.42. The van der Waals surface area contributed by atoms with E-state index in [0.717, 1.165) is 26.2 Å². The van der Waals surface area contributed by atoms with Crippen molar-refractivity contribution in [2.24, 2.45) is 5.92 Å². The Bertz CT molecular complexity index is 168. The van der Waals surface area contributed by atoms with Crippen LogP contribution in [-0.4, -0.2) is 31.6 Å². The fraction of sp³-hybridized carbons (Fsp3) is 1.00. The lowest BCUT2D eigenvalue weighted by atomic mass is 9.97. The van der Waals surface area contributed by atoms with Gasteiger partial charge in [0, 0.05) is 19.1 Å². The van der Waals surface area contributed by atoms with Gasteiger partial charge < -0.3 is 9.47 Å². The molecule has 0 saturated carbocycles. The summed E-state index contributed by atoms with van der Waals surface area (Å²) >= 11 is 0. The van der Waals surface area contributed by atoms with Crippen molar-refractivity contribution in [3.63, 3.8) is 0 Å². The van der Waals surface area contributed by atoms with Gasteiger partial charge in [-0.3, -0.25) is 5.32 Å². The molecule has 3 unspecified atom stereocenters. The highest BCUT2D eigenvalue weighted by Crippen LogP contribution is 2.30. The van der Waals surface area contributed by atoms with Gasteiger partial charge in [0.15, 0.2) is 0 Å². The number of hydrogen-bond donors (Lipinski definition) is 1. The summed E-state index contributed by atoms with van der Waals surface area (Å²) in [5.41, 5.74) is -0.129. The Morgan fingerprint density at radius 3 is 2.83 bits per heavy atom. The molecule has 1 N–H and O–H groups in total. The molecule has 0 aromatic carbocycles. The largest absolute Gasteiger partial charge is 0.381 e. The van der Waals surface area contributed by atoms with Gasteiger partial charge in [-0.1, -0.05) is 0 Å². The third-order valence-electron chi connectivity index (χ3n) is 2.90. The highest BCUT2D eigenvalue weighted by molar-refractivity contribution is 4.89. The first-order valence-corrected chi connectivity index (χ1v) is 4.71. The Balaban J connectivity index is 2.00. The van der Waals surface area contributed by atoms with Crippen LogP contribution in [0.4, 0.5) is 0 Å². The first kappa shape index (κ1) is 8.48. The SMILES string of the molecule is CC1CNC(C)(C2CCOC2)O1. The monoisotopic (exact) mass is 171 g/mol. The summed E-state index contributed by atoms with van der Waals surface area (Å²) in [7, 11) is 0. The molecule has 3 heteroatoms. The molecule has 2 aliphatic heterocycles. The van der Waals surface area contributed by atoms with Crippen molar-refractivity contribution in [1.29, 1.82) is 0 Å². The Hall–Kier alpha value is -0.120. The number of rotatable bonds is 1. The number of nitrogens with one attached hydrogen (secondary N) is 1. The molecule has 0 aromatic rings. The molecule has 0 spiro atoms. The molecule has 0 aromatic heterocycles. The predicted molar refractivity (Wildman–Crippen MR) is 45.9 cm³/mol. The van der Waals surface area contributed by atoms with E-state index in [9.17, 15) is 0 Å². The first-order chi connectivity index (χ1) is 5.71. The summed E-state index contributed by atoms with van der Waals surface area (Å²) in [6, 6.07) is 0. The van der Waals surface area contributed by atoms with Gasteiger partial charge >= 0.3 is 0 Å². The van der Waals surface area contributed by atoms with Gasteiger partial charge in [0.1, 0.15) is 5.72 Å². The molecule has 0 bridgehead atoms. The van der Waals surface area contributed by atoms with Gasteiger partial charge in [0.2, 0.25) is 0 Å². The van der Waals surface area contributed by atoms with Crippen molar-refractivity contribution in [3.8, 4) is 0 Å². The minimum atomic E-state index is -0.129. The number of ether oxygens (including phenoxy) is 2. The fourth-order valence-electron chi connectivity index (χ4n) is 2.06.